The highest BCUT2D eigenvalue weighted by Gasteiger charge is 2.29. The van der Waals surface area contributed by atoms with E-state index in [1.807, 2.05) is 48.5 Å². The Bertz CT molecular complexity index is 2610. The van der Waals surface area contributed by atoms with E-state index in [2.05, 4.69) is 43.6 Å². The van der Waals surface area contributed by atoms with Crippen LogP contribution in [0.5, 0.6) is 11.5 Å². The highest BCUT2D eigenvalue weighted by atomic mass is 79.9. The molecule has 4 atom stereocenters. The summed E-state index contributed by atoms with van der Waals surface area (Å²) in [7, 11) is -1.78. The summed E-state index contributed by atoms with van der Waals surface area (Å²) < 4.78 is 96.8. The van der Waals surface area contributed by atoms with E-state index in [-0.39, 0.29) is 44.8 Å². The monoisotopic (exact) mass is 1030 g/mol. The van der Waals surface area contributed by atoms with E-state index in [4.69, 9.17) is 19.5 Å². The summed E-state index contributed by atoms with van der Waals surface area (Å²) >= 11 is 2.95. The van der Waals surface area contributed by atoms with Gasteiger partial charge in [-0.3, -0.25) is 0 Å². The van der Waals surface area contributed by atoms with Gasteiger partial charge in [-0.2, -0.15) is 8.78 Å². The Morgan fingerprint density at radius 3 is 1.39 bits per heavy atom. The molecule has 6 aromatic rings. The van der Waals surface area contributed by atoms with Crippen molar-refractivity contribution in [2.24, 2.45) is 11.8 Å². The third-order valence-corrected chi connectivity index (χ3v) is 13.8. The van der Waals surface area contributed by atoms with E-state index in [9.17, 15) is 26.3 Å². The van der Waals surface area contributed by atoms with Crippen LogP contribution in [0.15, 0.2) is 114 Å². The van der Waals surface area contributed by atoms with Gasteiger partial charge in [0.15, 0.2) is 23.1 Å². The van der Waals surface area contributed by atoms with E-state index in [0.29, 0.717) is 17.4 Å². The molecule has 2 saturated carbocycles. The van der Waals surface area contributed by atoms with Crippen LogP contribution in [0, 0.1) is 46.7 Å². The lowest BCUT2D eigenvalue weighted by Crippen LogP contribution is -2.32. The summed E-state index contributed by atoms with van der Waals surface area (Å²) in [6.07, 6.45) is 14.5. The minimum absolute atomic E-state index is 0.0247. The number of aryl methyl sites for hydroxylation is 2. The number of halogens is 7. The van der Waals surface area contributed by atoms with Gasteiger partial charge in [-0.15, -0.1) is 0 Å². The minimum Gasteiger partial charge on any atom is -0.487 e. The third kappa shape index (κ3) is 14.5. The Hall–Kier alpha value is -5.04. The molecule has 372 valence electrons. The van der Waals surface area contributed by atoms with E-state index >= 15 is 0 Å². The molecule has 0 radical (unpaired) electrons. The maximum atomic E-state index is 15.0. The minimum atomic E-state index is -1.78. The molecule has 0 aromatic heterocycles. The zero-order valence-corrected chi connectivity index (χ0v) is 42.1. The molecule has 2 N–H and O–H groups in total. The standard InChI is InChI=1S/C29H31F3O.C15H16BFO2.C14H17BrF2O/c1-3-5-19-7-10-21(11-8-19)22-12-14-24(26(30)18-22)25-15-16-27(29(32)28(25)31)33-23-13-9-20(17-23)6-4-2;1-2-3-11-4-6-12(7-5-11)13-8-9-14(16(18)19)15(17)10-13;1-2-3-9-4-5-10(8-9)18-12-7-6-11(15)13(16)14(12)17/h7-8,10-12,14-16,18,20,23H,3-6,9,13,17H2,1-2H3;4-10,18-19H,2-3H2,1H3;6-7,9-10H,2-5,8H2,1H3. The summed E-state index contributed by atoms with van der Waals surface area (Å²) in [6, 6.07) is 30.8. The predicted molar refractivity (Wildman–Crippen MR) is 274 cm³/mol. The van der Waals surface area contributed by atoms with Crippen molar-refractivity contribution in [2.45, 2.75) is 130 Å². The second kappa shape index (κ2) is 26.4. The quantitative estimate of drug-likeness (QED) is 0.0576. The SMILES string of the molecule is CCCC1CCC(Oc2ccc(Br)c(F)c2F)C1.CCCc1ccc(-c2ccc(-c3ccc(OC4CCC(CCC)C4)c(F)c3F)c(F)c2)cc1.CCCc1ccc(-c2ccc(B(O)O)c(F)c2)cc1. The Labute approximate surface area is 418 Å². The van der Waals surface area contributed by atoms with Gasteiger partial charge in [-0.1, -0.05) is 139 Å². The van der Waals surface area contributed by atoms with Crippen LogP contribution in [0.1, 0.15) is 116 Å². The Morgan fingerprint density at radius 2 is 0.929 bits per heavy atom. The topological polar surface area (TPSA) is 58.9 Å². The van der Waals surface area contributed by atoms with Crippen molar-refractivity contribution in [3.63, 3.8) is 0 Å². The number of hydrogen-bond acceptors (Lipinski definition) is 4. The van der Waals surface area contributed by atoms with Gasteiger partial charge >= 0.3 is 7.12 Å². The van der Waals surface area contributed by atoms with Crippen LogP contribution in [0.3, 0.4) is 0 Å². The fraction of sp³-hybridized carbons (Fsp3) is 0.379. The third-order valence-electron chi connectivity index (χ3n) is 13.2. The molecule has 0 amide bonds. The van der Waals surface area contributed by atoms with Crippen molar-refractivity contribution >= 4 is 28.5 Å². The lowest BCUT2D eigenvalue weighted by Gasteiger charge is -2.16. The molecule has 0 saturated heterocycles. The highest BCUT2D eigenvalue weighted by molar-refractivity contribution is 9.10. The molecule has 2 aliphatic rings. The van der Waals surface area contributed by atoms with E-state index in [1.165, 1.54) is 72.5 Å². The second-order valence-electron chi connectivity index (χ2n) is 18.5. The lowest BCUT2D eigenvalue weighted by atomic mass is 9.79. The zero-order valence-electron chi connectivity index (χ0n) is 40.5. The van der Waals surface area contributed by atoms with Gasteiger partial charge in [-0.05, 0) is 149 Å². The molecule has 0 bridgehead atoms. The average molecular weight is 1030 g/mol. The molecule has 0 heterocycles. The Balaban J connectivity index is 0.000000185. The number of rotatable bonds is 16. The van der Waals surface area contributed by atoms with Crippen molar-refractivity contribution in [2.75, 3.05) is 0 Å². The molecule has 2 fully saturated rings. The predicted octanol–water partition coefficient (Wildman–Crippen LogP) is 15.9. The molecule has 8 rings (SSSR count). The van der Waals surface area contributed by atoms with Gasteiger partial charge in [-0.25, -0.2) is 17.6 Å². The van der Waals surface area contributed by atoms with Gasteiger partial charge in [0.2, 0.25) is 11.6 Å². The normalized spacial score (nSPS) is 17.3. The van der Waals surface area contributed by atoms with Crippen LogP contribution in [0.2, 0.25) is 0 Å². The first-order valence-corrected chi connectivity index (χ1v) is 25.6. The second-order valence-corrected chi connectivity index (χ2v) is 19.4. The summed E-state index contributed by atoms with van der Waals surface area (Å²) in [6.45, 7) is 8.57. The summed E-state index contributed by atoms with van der Waals surface area (Å²) in [4.78, 5) is 0. The van der Waals surface area contributed by atoms with Gasteiger partial charge in [0.1, 0.15) is 11.6 Å². The van der Waals surface area contributed by atoms with Crippen molar-refractivity contribution in [3.8, 4) is 44.9 Å². The first-order chi connectivity index (χ1) is 33.7. The van der Waals surface area contributed by atoms with Gasteiger partial charge in [0.05, 0.1) is 16.7 Å². The molecule has 2 aliphatic carbocycles. The Morgan fingerprint density at radius 1 is 0.486 bits per heavy atom. The smallest absolute Gasteiger partial charge is 0.487 e. The van der Waals surface area contributed by atoms with Crippen molar-refractivity contribution < 1.29 is 45.9 Å². The van der Waals surface area contributed by atoms with E-state index < -0.39 is 42.0 Å². The van der Waals surface area contributed by atoms with Crippen LogP contribution in [0.4, 0.5) is 26.3 Å². The molecule has 4 unspecified atom stereocenters. The fourth-order valence-electron chi connectivity index (χ4n) is 9.54. The zero-order chi connectivity index (χ0) is 50.3. The van der Waals surface area contributed by atoms with Gasteiger partial charge in [0.25, 0.3) is 0 Å². The molecule has 0 aliphatic heterocycles. The maximum Gasteiger partial charge on any atom is 0.491 e. The molecular formula is C58H64BBrF6O4. The Kier molecular flexibility index (Phi) is 20.5. The van der Waals surface area contributed by atoms with Crippen LogP contribution >= 0.6 is 15.9 Å². The number of ether oxygens (including phenoxy) is 2. The van der Waals surface area contributed by atoms with E-state index in [1.54, 1.807) is 12.1 Å². The van der Waals surface area contributed by atoms with Crippen LogP contribution < -0.4 is 14.9 Å². The van der Waals surface area contributed by atoms with Crippen molar-refractivity contribution in [1.29, 1.82) is 0 Å². The van der Waals surface area contributed by atoms with Crippen LogP contribution in [-0.4, -0.2) is 29.4 Å². The summed E-state index contributed by atoms with van der Waals surface area (Å²) in [5.74, 6) is -3.92. The number of hydrogen-bond donors (Lipinski definition) is 2. The molecule has 12 heteroatoms. The van der Waals surface area contributed by atoms with Gasteiger partial charge in [0, 0.05) is 16.6 Å². The van der Waals surface area contributed by atoms with Crippen molar-refractivity contribution in [3.05, 3.63) is 160 Å². The molecule has 4 nitrogen and oxygen atoms in total. The largest absolute Gasteiger partial charge is 0.491 e. The van der Waals surface area contributed by atoms with Crippen molar-refractivity contribution in [1.82, 2.24) is 0 Å². The average Bonchev–Trinajstić information content (AvgIpc) is 4.01. The highest BCUT2D eigenvalue weighted by Crippen LogP contribution is 2.38. The first kappa shape index (κ1) is 54.3. The van der Waals surface area contributed by atoms with Crippen LogP contribution in [0.25, 0.3) is 33.4 Å². The first-order valence-electron chi connectivity index (χ1n) is 24.8. The molecule has 6 aromatic carbocycles. The lowest BCUT2D eigenvalue weighted by molar-refractivity contribution is 0.192. The summed E-state index contributed by atoms with van der Waals surface area (Å²) in [5, 5.41) is 18.0. The fourth-order valence-corrected chi connectivity index (χ4v) is 9.84. The maximum absolute atomic E-state index is 15.0. The summed E-state index contributed by atoms with van der Waals surface area (Å²) in [5.41, 5.74) is 5.54. The van der Waals surface area contributed by atoms with Crippen LogP contribution in [-0.2, 0) is 12.8 Å². The molecule has 0 spiro atoms. The molecular weight excluding hydrogens is 965 g/mol. The van der Waals surface area contributed by atoms with Gasteiger partial charge < -0.3 is 19.5 Å². The van der Waals surface area contributed by atoms with E-state index in [0.717, 1.165) is 93.7 Å². The number of benzene rings is 6. The molecule has 70 heavy (non-hydrogen) atoms.